The van der Waals surface area contributed by atoms with Gasteiger partial charge in [0.25, 0.3) is 5.56 Å². The molecule has 0 aliphatic carbocycles. The van der Waals surface area contributed by atoms with Crippen LogP contribution in [0.1, 0.15) is 13.8 Å². The van der Waals surface area contributed by atoms with Crippen molar-refractivity contribution in [1.82, 2.24) is 4.57 Å². The standard InChI is InChI=1S/C25H26N2O2S/c1-5-27(6-2)19-11-7-18(8-12-19)23-16-22-25(30-23)21(15-24(28)26(22)3)17-9-13-20(29-4)14-10-17/h7-16H,5-6H2,1-4H3. The van der Waals surface area contributed by atoms with E-state index in [1.165, 1.54) is 11.3 Å². The summed E-state index contributed by atoms with van der Waals surface area (Å²) in [6.45, 7) is 6.33. The third-order valence-corrected chi connectivity index (χ3v) is 6.80. The molecule has 0 amide bonds. The number of rotatable bonds is 6. The molecule has 2 aromatic heterocycles. The molecule has 0 saturated heterocycles. The van der Waals surface area contributed by atoms with E-state index in [0.717, 1.165) is 45.1 Å². The number of hydrogen-bond donors (Lipinski definition) is 0. The highest BCUT2D eigenvalue weighted by atomic mass is 32.1. The van der Waals surface area contributed by atoms with Crippen molar-refractivity contribution >= 4 is 27.2 Å². The van der Waals surface area contributed by atoms with Crippen LogP contribution < -0.4 is 15.2 Å². The molecule has 4 aromatic rings. The molecule has 0 fully saturated rings. The lowest BCUT2D eigenvalue weighted by atomic mass is 10.1. The van der Waals surface area contributed by atoms with Gasteiger partial charge in [-0.25, -0.2) is 0 Å². The van der Waals surface area contributed by atoms with E-state index in [0.29, 0.717) is 0 Å². The summed E-state index contributed by atoms with van der Waals surface area (Å²) in [6, 6.07) is 20.4. The largest absolute Gasteiger partial charge is 0.497 e. The van der Waals surface area contributed by atoms with Crippen molar-refractivity contribution in [1.29, 1.82) is 0 Å². The average molecular weight is 419 g/mol. The number of thiophene rings is 1. The number of aryl methyl sites for hydroxylation is 1. The number of hydrogen-bond acceptors (Lipinski definition) is 4. The predicted molar refractivity (Wildman–Crippen MR) is 128 cm³/mol. The summed E-state index contributed by atoms with van der Waals surface area (Å²) >= 11 is 1.73. The van der Waals surface area contributed by atoms with Crippen LogP contribution in [0.2, 0.25) is 0 Å². The first-order chi connectivity index (χ1) is 14.5. The molecule has 4 nitrogen and oxygen atoms in total. The molecule has 0 aliphatic heterocycles. The van der Waals surface area contributed by atoms with Gasteiger partial charge in [0.15, 0.2) is 0 Å². The van der Waals surface area contributed by atoms with Gasteiger partial charge in [0.05, 0.1) is 17.3 Å². The van der Waals surface area contributed by atoms with E-state index in [2.05, 4.69) is 49.1 Å². The highest BCUT2D eigenvalue weighted by Gasteiger charge is 2.14. The summed E-state index contributed by atoms with van der Waals surface area (Å²) in [7, 11) is 3.49. The zero-order valence-corrected chi connectivity index (χ0v) is 18.6. The Morgan fingerprint density at radius 1 is 0.933 bits per heavy atom. The topological polar surface area (TPSA) is 34.5 Å². The molecule has 2 heterocycles. The van der Waals surface area contributed by atoms with Crippen LogP contribution in [0.4, 0.5) is 5.69 Å². The minimum Gasteiger partial charge on any atom is -0.497 e. The van der Waals surface area contributed by atoms with Crippen LogP contribution in [-0.2, 0) is 7.05 Å². The highest BCUT2D eigenvalue weighted by Crippen LogP contribution is 2.39. The smallest absolute Gasteiger partial charge is 0.251 e. The fraction of sp³-hybridized carbons (Fsp3) is 0.240. The number of methoxy groups -OCH3 is 1. The fourth-order valence-electron chi connectivity index (χ4n) is 3.78. The molecule has 0 radical (unpaired) electrons. The van der Waals surface area contributed by atoms with Gasteiger partial charge >= 0.3 is 0 Å². The highest BCUT2D eigenvalue weighted by molar-refractivity contribution is 7.22. The van der Waals surface area contributed by atoms with Crippen LogP contribution in [0.25, 0.3) is 31.8 Å². The summed E-state index contributed by atoms with van der Waals surface area (Å²) in [4.78, 5) is 16.1. The Bertz CT molecular complexity index is 1220. The Labute approximate surface area is 181 Å². The quantitative estimate of drug-likeness (QED) is 0.397. The number of ether oxygens (including phenoxy) is 1. The van der Waals surface area contributed by atoms with Crippen molar-refractivity contribution < 1.29 is 4.74 Å². The lowest BCUT2D eigenvalue weighted by Gasteiger charge is -2.21. The van der Waals surface area contributed by atoms with Crippen molar-refractivity contribution in [3.8, 4) is 27.3 Å². The second kappa shape index (κ2) is 8.36. The van der Waals surface area contributed by atoms with Crippen LogP contribution >= 0.6 is 11.3 Å². The van der Waals surface area contributed by atoms with Crippen LogP contribution in [0, 0.1) is 0 Å². The van der Waals surface area contributed by atoms with Gasteiger partial charge in [0.1, 0.15) is 5.75 Å². The number of fused-ring (bicyclic) bond motifs is 1. The maximum atomic E-state index is 12.6. The molecule has 2 aromatic carbocycles. The first-order valence-corrected chi connectivity index (χ1v) is 11.0. The molecule has 0 N–H and O–H groups in total. The first-order valence-electron chi connectivity index (χ1n) is 10.2. The Hall–Kier alpha value is -3.05. The molecule has 0 atom stereocenters. The molecule has 154 valence electrons. The van der Waals surface area contributed by atoms with Crippen molar-refractivity contribution in [2.45, 2.75) is 13.8 Å². The number of benzene rings is 2. The monoisotopic (exact) mass is 418 g/mol. The van der Waals surface area contributed by atoms with Crippen molar-refractivity contribution in [2.24, 2.45) is 7.05 Å². The van der Waals surface area contributed by atoms with Gasteiger partial charge in [-0.05, 0) is 55.3 Å². The van der Waals surface area contributed by atoms with Crippen molar-refractivity contribution in [2.75, 3.05) is 25.1 Å². The number of anilines is 1. The molecule has 0 aliphatic rings. The molecule has 0 saturated carbocycles. The minimum atomic E-state index is -0.00505. The van der Waals surface area contributed by atoms with Crippen LogP contribution in [0.3, 0.4) is 0 Å². The summed E-state index contributed by atoms with van der Waals surface area (Å²) in [6.07, 6.45) is 0. The average Bonchev–Trinajstić information content (AvgIpc) is 3.23. The molecule has 0 bridgehead atoms. The second-order valence-electron chi connectivity index (χ2n) is 7.23. The Morgan fingerprint density at radius 3 is 2.17 bits per heavy atom. The third kappa shape index (κ3) is 3.61. The summed E-state index contributed by atoms with van der Waals surface area (Å²) in [5.41, 5.74) is 5.34. The molecule has 5 heteroatoms. The first kappa shape index (κ1) is 20.2. The normalized spacial score (nSPS) is 11.1. The van der Waals surface area contributed by atoms with Gasteiger partial charge in [-0.15, -0.1) is 11.3 Å². The van der Waals surface area contributed by atoms with Crippen LogP contribution in [0.15, 0.2) is 65.5 Å². The van der Waals surface area contributed by atoms with E-state index >= 15 is 0 Å². The van der Waals surface area contributed by atoms with Crippen molar-refractivity contribution in [3.63, 3.8) is 0 Å². The van der Waals surface area contributed by atoms with Gasteiger partial charge in [-0.1, -0.05) is 24.3 Å². The SMILES string of the molecule is CCN(CC)c1ccc(-c2cc3c(s2)c(-c2ccc(OC)cc2)cc(=O)n3C)cc1. The van der Waals surface area contributed by atoms with Gasteiger partial charge in [0, 0.05) is 42.3 Å². The molecular formula is C25H26N2O2S. The molecule has 0 spiro atoms. The van der Waals surface area contributed by atoms with Crippen LogP contribution in [-0.4, -0.2) is 24.8 Å². The van der Waals surface area contributed by atoms with E-state index in [4.69, 9.17) is 4.74 Å². The van der Waals surface area contributed by atoms with Crippen molar-refractivity contribution in [3.05, 3.63) is 71.0 Å². The Morgan fingerprint density at radius 2 is 1.57 bits per heavy atom. The van der Waals surface area contributed by atoms with Gasteiger partial charge in [0.2, 0.25) is 0 Å². The number of pyridine rings is 1. The minimum absolute atomic E-state index is 0.00505. The van der Waals surface area contributed by atoms with E-state index in [1.807, 2.05) is 31.3 Å². The van der Waals surface area contributed by atoms with Gasteiger partial charge in [-0.3, -0.25) is 4.79 Å². The van der Waals surface area contributed by atoms with E-state index in [9.17, 15) is 4.79 Å². The molecule has 4 rings (SSSR count). The fourth-order valence-corrected chi connectivity index (χ4v) is 5.01. The second-order valence-corrected chi connectivity index (χ2v) is 8.28. The van der Waals surface area contributed by atoms with E-state index < -0.39 is 0 Å². The lowest BCUT2D eigenvalue weighted by molar-refractivity contribution is 0.415. The number of nitrogens with zero attached hydrogens (tertiary/aromatic N) is 2. The zero-order valence-electron chi connectivity index (χ0n) is 17.8. The number of aromatic nitrogens is 1. The predicted octanol–water partition coefficient (Wildman–Crippen LogP) is 5.79. The van der Waals surface area contributed by atoms with E-state index in [-0.39, 0.29) is 5.56 Å². The lowest BCUT2D eigenvalue weighted by Crippen LogP contribution is -2.21. The van der Waals surface area contributed by atoms with Gasteiger partial charge in [-0.2, -0.15) is 0 Å². The maximum Gasteiger partial charge on any atom is 0.251 e. The van der Waals surface area contributed by atoms with E-state index in [1.54, 1.807) is 29.1 Å². The Balaban J connectivity index is 1.82. The molecule has 0 unspecified atom stereocenters. The molecule has 30 heavy (non-hydrogen) atoms. The summed E-state index contributed by atoms with van der Waals surface area (Å²) in [5.74, 6) is 0.805. The third-order valence-electron chi connectivity index (χ3n) is 5.60. The molecular weight excluding hydrogens is 392 g/mol. The zero-order chi connectivity index (χ0) is 21.3. The summed E-state index contributed by atoms with van der Waals surface area (Å²) in [5, 5.41) is 0. The van der Waals surface area contributed by atoms with Gasteiger partial charge < -0.3 is 14.2 Å². The summed E-state index contributed by atoms with van der Waals surface area (Å²) < 4.78 is 8.12. The van der Waals surface area contributed by atoms with Crippen LogP contribution in [0.5, 0.6) is 5.75 Å². The maximum absolute atomic E-state index is 12.6. The Kier molecular flexibility index (Phi) is 5.64.